The molecule has 4 unspecified atom stereocenters. The predicted octanol–water partition coefficient (Wildman–Crippen LogP) is 1.77. The molecule has 0 aromatic heterocycles. The fourth-order valence-corrected chi connectivity index (χ4v) is 3.51. The van der Waals surface area contributed by atoms with E-state index in [2.05, 4.69) is 5.32 Å². The van der Waals surface area contributed by atoms with Crippen molar-refractivity contribution in [3.8, 4) is 6.07 Å². The zero-order valence-electron chi connectivity index (χ0n) is 16.1. The number of benzene rings is 1. The zero-order valence-corrected chi connectivity index (χ0v) is 16.1. The maximum atomic E-state index is 12.6. The normalized spacial score (nSPS) is 22.4. The van der Waals surface area contributed by atoms with Crippen LogP contribution in [-0.4, -0.2) is 40.7 Å². The van der Waals surface area contributed by atoms with Crippen LogP contribution >= 0.6 is 0 Å². The molecule has 29 heavy (non-hydrogen) atoms. The number of nitrogens with one attached hydrogen (secondary N) is 1. The van der Waals surface area contributed by atoms with Crippen molar-refractivity contribution in [2.75, 3.05) is 5.32 Å². The highest BCUT2D eigenvalue weighted by atomic mass is 16.5. The number of allylic oxidation sites excluding steroid dienone is 2. The van der Waals surface area contributed by atoms with E-state index in [1.54, 1.807) is 24.3 Å². The minimum atomic E-state index is -1.13. The van der Waals surface area contributed by atoms with Gasteiger partial charge < -0.3 is 10.1 Å². The molecule has 1 aliphatic heterocycles. The van der Waals surface area contributed by atoms with E-state index in [-0.39, 0.29) is 11.8 Å². The quantitative estimate of drug-likeness (QED) is 0.461. The van der Waals surface area contributed by atoms with Crippen molar-refractivity contribution in [3.05, 3.63) is 42.0 Å². The lowest BCUT2D eigenvalue weighted by molar-refractivity contribution is -0.163. The predicted molar refractivity (Wildman–Crippen MR) is 102 cm³/mol. The lowest BCUT2D eigenvalue weighted by Gasteiger charge is -2.23. The molecule has 1 aliphatic carbocycles. The monoisotopic (exact) mass is 395 g/mol. The van der Waals surface area contributed by atoms with Crippen LogP contribution in [0.25, 0.3) is 0 Å². The minimum absolute atomic E-state index is 0.372. The Hall–Kier alpha value is -3.47. The number of carbonyl (C=O) groups excluding carboxylic acids is 4. The van der Waals surface area contributed by atoms with Gasteiger partial charge in [0.1, 0.15) is 6.04 Å². The molecule has 4 atom stereocenters. The van der Waals surface area contributed by atoms with Crippen molar-refractivity contribution < 1.29 is 23.9 Å². The summed E-state index contributed by atoms with van der Waals surface area (Å²) in [5, 5.41) is 11.4. The number of carbonyl (C=O) groups is 4. The first kappa shape index (κ1) is 20.3. The third-order valence-electron chi connectivity index (χ3n) is 5.21. The summed E-state index contributed by atoms with van der Waals surface area (Å²) in [6, 6.07) is 7.09. The summed E-state index contributed by atoms with van der Waals surface area (Å²) < 4.78 is 5.19. The van der Waals surface area contributed by atoms with E-state index in [0.717, 1.165) is 4.90 Å². The summed E-state index contributed by atoms with van der Waals surface area (Å²) in [6.07, 6.45) is 3.58. The number of esters is 1. The Balaban J connectivity index is 1.60. The molecule has 8 nitrogen and oxygen atoms in total. The van der Waals surface area contributed by atoms with Gasteiger partial charge >= 0.3 is 5.97 Å². The summed E-state index contributed by atoms with van der Waals surface area (Å²) in [5.41, 5.74) is 0.901. The van der Waals surface area contributed by atoms with Gasteiger partial charge in [0.2, 0.25) is 11.8 Å². The molecule has 0 bridgehead atoms. The number of hydrogen-bond donors (Lipinski definition) is 1. The molecule has 0 saturated carbocycles. The Morgan fingerprint density at radius 3 is 2.17 bits per heavy atom. The number of nitriles is 1. The van der Waals surface area contributed by atoms with E-state index in [1.165, 1.54) is 13.8 Å². The summed E-state index contributed by atoms with van der Waals surface area (Å²) in [4.78, 5) is 50.9. The van der Waals surface area contributed by atoms with E-state index >= 15 is 0 Å². The number of amides is 3. The van der Waals surface area contributed by atoms with Gasteiger partial charge in [-0.15, -0.1) is 0 Å². The van der Waals surface area contributed by atoms with Crippen LogP contribution in [0.2, 0.25) is 0 Å². The van der Waals surface area contributed by atoms with Crippen LogP contribution in [0.1, 0.15) is 32.3 Å². The molecular weight excluding hydrogens is 374 g/mol. The third-order valence-corrected chi connectivity index (χ3v) is 5.21. The lowest BCUT2D eigenvalue weighted by atomic mass is 9.85. The second-order valence-corrected chi connectivity index (χ2v) is 7.14. The fourth-order valence-electron chi connectivity index (χ4n) is 3.51. The minimum Gasteiger partial charge on any atom is -0.451 e. The molecule has 1 fully saturated rings. The average molecular weight is 395 g/mol. The topological polar surface area (TPSA) is 117 Å². The molecule has 1 aromatic carbocycles. The molecule has 0 spiro atoms. The van der Waals surface area contributed by atoms with Crippen LogP contribution in [0.5, 0.6) is 0 Å². The number of rotatable bonds is 5. The SMILES string of the molecule is CC(OC(=O)C(C)N1C(=O)C2CC=CCC2C1=O)C(=O)Nc1ccc(C#N)cc1. The zero-order chi connectivity index (χ0) is 21.1. The highest BCUT2D eigenvalue weighted by Gasteiger charge is 2.50. The number of fused-ring (bicyclic) bond motifs is 1. The second-order valence-electron chi connectivity index (χ2n) is 7.14. The van der Waals surface area contributed by atoms with Crippen LogP contribution in [0.3, 0.4) is 0 Å². The van der Waals surface area contributed by atoms with Gasteiger partial charge in [-0.2, -0.15) is 5.26 Å². The summed E-state index contributed by atoms with van der Waals surface area (Å²) in [5.74, 6) is -2.99. The van der Waals surface area contributed by atoms with Gasteiger partial charge in [0.05, 0.1) is 23.5 Å². The first-order valence-corrected chi connectivity index (χ1v) is 9.37. The molecule has 8 heteroatoms. The maximum absolute atomic E-state index is 12.6. The maximum Gasteiger partial charge on any atom is 0.329 e. The first-order chi connectivity index (χ1) is 13.8. The van der Waals surface area contributed by atoms with Crippen molar-refractivity contribution in [2.45, 2.75) is 38.8 Å². The van der Waals surface area contributed by atoms with Gasteiger partial charge in [0.25, 0.3) is 5.91 Å². The second kappa shape index (κ2) is 8.27. The highest BCUT2D eigenvalue weighted by Crippen LogP contribution is 2.36. The molecule has 150 valence electrons. The van der Waals surface area contributed by atoms with E-state index in [9.17, 15) is 19.2 Å². The van der Waals surface area contributed by atoms with Crippen molar-refractivity contribution >= 4 is 29.4 Å². The Labute approximate surface area is 168 Å². The van der Waals surface area contributed by atoms with Gasteiger partial charge in [-0.1, -0.05) is 12.2 Å². The van der Waals surface area contributed by atoms with Crippen LogP contribution in [0.15, 0.2) is 36.4 Å². The van der Waals surface area contributed by atoms with Crippen LogP contribution < -0.4 is 5.32 Å². The number of likely N-dealkylation sites (tertiary alicyclic amines) is 1. The standard InChI is InChI=1S/C21H21N3O5/c1-12(24-19(26)16-5-3-4-6-17(16)20(24)27)21(28)29-13(2)18(25)23-15-9-7-14(11-22)8-10-15/h3-4,7-10,12-13,16-17H,5-6H2,1-2H3,(H,23,25). The largest absolute Gasteiger partial charge is 0.451 e. The van der Waals surface area contributed by atoms with E-state index in [4.69, 9.17) is 10.00 Å². The van der Waals surface area contributed by atoms with Crippen LogP contribution in [-0.2, 0) is 23.9 Å². The molecule has 3 amide bonds. The summed E-state index contributed by atoms with van der Waals surface area (Å²) in [7, 11) is 0. The van der Waals surface area contributed by atoms with Crippen molar-refractivity contribution in [1.82, 2.24) is 4.90 Å². The number of imide groups is 1. The van der Waals surface area contributed by atoms with Gasteiger partial charge in [0.15, 0.2) is 6.10 Å². The van der Waals surface area contributed by atoms with Gasteiger partial charge in [-0.05, 0) is 51.0 Å². The molecule has 0 radical (unpaired) electrons. The summed E-state index contributed by atoms with van der Waals surface area (Å²) in [6.45, 7) is 2.83. The van der Waals surface area contributed by atoms with Gasteiger partial charge in [-0.25, -0.2) is 4.79 Å². The molecule has 1 heterocycles. The molecule has 1 N–H and O–H groups in total. The highest BCUT2D eigenvalue weighted by molar-refractivity contribution is 6.08. The molecule has 3 rings (SSSR count). The number of nitrogens with zero attached hydrogens (tertiary/aromatic N) is 2. The Morgan fingerprint density at radius 1 is 1.10 bits per heavy atom. The first-order valence-electron chi connectivity index (χ1n) is 9.37. The molecule has 1 saturated heterocycles. The van der Waals surface area contributed by atoms with Crippen molar-refractivity contribution in [1.29, 1.82) is 5.26 Å². The molecular formula is C21H21N3O5. The van der Waals surface area contributed by atoms with Gasteiger partial charge in [-0.3, -0.25) is 19.3 Å². The fraction of sp³-hybridized carbons (Fsp3) is 0.381. The molecule has 1 aromatic rings. The number of hydrogen-bond acceptors (Lipinski definition) is 6. The molecule has 2 aliphatic rings. The van der Waals surface area contributed by atoms with E-state index < -0.39 is 35.9 Å². The Bertz CT molecular complexity index is 889. The van der Waals surface area contributed by atoms with Crippen LogP contribution in [0, 0.1) is 23.2 Å². The Kier molecular flexibility index (Phi) is 5.78. The van der Waals surface area contributed by atoms with Crippen LogP contribution in [0.4, 0.5) is 5.69 Å². The van der Waals surface area contributed by atoms with Crippen molar-refractivity contribution in [3.63, 3.8) is 0 Å². The van der Waals surface area contributed by atoms with Crippen molar-refractivity contribution in [2.24, 2.45) is 11.8 Å². The summed E-state index contributed by atoms with van der Waals surface area (Å²) >= 11 is 0. The van der Waals surface area contributed by atoms with E-state index in [1.807, 2.05) is 18.2 Å². The number of ether oxygens (including phenoxy) is 1. The van der Waals surface area contributed by atoms with Gasteiger partial charge in [0, 0.05) is 5.69 Å². The third kappa shape index (κ3) is 4.04. The number of anilines is 1. The Morgan fingerprint density at radius 2 is 1.66 bits per heavy atom. The van der Waals surface area contributed by atoms with E-state index in [0.29, 0.717) is 24.1 Å². The smallest absolute Gasteiger partial charge is 0.329 e. The lowest BCUT2D eigenvalue weighted by Crippen LogP contribution is -2.46. The average Bonchev–Trinajstić information content (AvgIpc) is 2.98.